The summed E-state index contributed by atoms with van der Waals surface area (Å²) in [5, 5.41) is 7.53. The zero-order valence-corrected chi connectivity index (χ0v) is 13.6. The first-order valence-corrected chi connectivity index (χ1v) is 7.31. The number of hydrogen-bond acceptors (Lipinski definition) is 4. The molecule has 1 aromatic heterocycles. The van der Waals surface area contributed by atoms with E-state index in [1.807, 2.05) is 6.07 Å². The van der Waals surface area contributed by atoms with Crippen molar-refractivity contribution in [1.82, 2.24) is 10.5 Å². The second-order valence-corrected chi connectivity index (χ2v) is 6.53. The van der Waals surface area contributed by atoms with Crippen molar-refractivity contribution in [2.45, 2.75) is 46.3 Å². The van der Waals surface area contributed by atoms with Gasteiger partial charge in [-0.1, -0.05) is 23.4 Å². The highest BCUT2D eigenvalue weighted by Gasteiger charge is 2.12. The van der Waals surface area contributed by atoms with Gasteiger partial charge in [0.1, 0.15) is 0 Å². The summed E-state index contributed by atoms with van der Waals surface area (Å²) in [6.07, 6.45) is 0. The number of hydrogen-bond donors (Lipinski definition) is 1. The normalized spacial score (nSPS) is 11.7. The molecule has 0 aliphatic rings. The number of aromatic nitrogens is 1. The van der Waals surface area contributed by atoms with Gasteiger partial charge in [-0.3, -0.25) is 0 Å². The molecule has 114 valence electrons. The third-order valence-corrected chi connectivity index (χ3v) is 3.33. The summed E-state index contributed by atoms with van der Waals surface area (Å²) in [5.74, 6) is 0.881. The van der Waals surface area contributed by atoms with Crippen LogP contribution in [0.3, 0.4) is 0 Å². The lowest BCUT2D eigenvalue weighted by molar-refractivity contribution is 0.365. The molecule has 1 N–H and O–H groups in total. The van der Waals surface area contributed by atoms with Crippen molar-refractivity contribution >= 4 is 5.69 Å². The summed E-state index contributed by atoms with van der Waals surface area (Å²) < 4.78 is 5.43. The Labute approximate surface area is 127 Å². The maximum Gasteiger partial charge on any atom is 0.156 e. The number of anilines is 1. The van der Waals surface area contributed by atoms with Gasteiger partial charge in [0.25, 0.3) is 0 Å². The second kappa shape index (κ2) is 6.31. The molecule has 21 heavy (non-hydrogen) atoms. The van der Waals surface area contributed by atoms with Gasteiger partial charge in [0.05, 0.1) is 12.2 Å². The lowest BCUT2D eigenvalue weighted by Gasteiger charge is -2.19. The van der Waals surface area contributed by atoms with E-state index in [0.717, 1.165) is 18.0 Å². The highest BCUT2D eigenvalue weighted by Crippen LogP contribution is 2.20. The van der Waals surface area contributed by atoms with Crippen LogP contribution in [-0.4, -0.2) is 17.7 Å². The van der Waals surface area contributed by atoms with E-state index in [0.29, 0.717) is 6.54 Å². The van der Waals surface area contributed by atoms with Gasteiger partial charge in [-0.25, -0.2) is 0 Å². The molecule has 0 saturated heterocycles. The van der Waals surface area contributed by atoms with E-state index in [4.69, 9.17) is 4.52 Å². The topological polar surface area (TPSA) is 41.3 Å². The van der Waals surface area contributed by atoms with Crippen molar-refractivity contribution < 1.29 is 4.52 Å². The first-order chi connectivity index (χ1) is 9.85. The minimum atomic E-state index is 0.0804. The molecule has 1 aromatic carbocycles. The minimum Gasteiger partial charge on any atom is -0.367 e. The number of benzene rings is 1. The molecule has 2 aromatic rings. The molecule has 1 heterocycles. The van der Waals surface area contributed by atoms with E-state index in [1.165, 1.54) is 11.3 Å². The lowest BCUT2D eigenvalue weighted by atomic mass is 10.1. The number of rotatable bonds is 5. The van der Waals surface area contributed by atoms with Gasteiger partial charge >= 0.3 is 0 Å². The molecule has 4 nitrogen and oxygen atoms in total. The first kappa shape index (κ1) is 15.6. The van der Waals surface area contributed by atoms with Crippen LogP contribution in [0.5, 0.6) is 0 Å². The third-order valence-electron chi connectivity index (χ3n) is 3.33. The zero-order chi connectivity index (χ0) is 15.5. The van der Waals surface area contributed by atoms with Crippen molar-refractivity contribution in [3.63, 3.8) is 0 Å². The molecule has 0 atom stereocenters. The standard InChI is InChI=1S/C17H25N3O/c1-13-8-6-7-9-16(13)20(5)12-15-10-14(19-21-15)11-18-17(2,3)4/h6-10,18H,11-12H2,1-5H3. The van der Waals surface area contributed by atoms with Crippen molar-refractivity contribution in [2.24, 2.45) is 0 Å². The van der Waals surface area contributed by atoms with Crippen molar-refractivity contribution in [1.29, 1.82) is 0 Å². The van der Waals surface area contributed by atoms with Crippen molar-refractivity contribution in [2.75, 3.05) is 11.9 Å². The maximum atomic E-state index is 5.43. The quantitative estimate of drug-likeness (QED) is 0.913. The Morgan fingerprint density at radius 2 is 1.95 bits per heavy atom. The molecule has 0 aliphatic carbocycles. The van der Waals surface area contributed by atoms with Gasteiger partial charge in [-0.05, 0) is 39.3 Å². The Kier molecular flexibility index (Phi) is 4.68. The first-order valence-electron chi connectivity index (χ1n) is 7.31. The average molecular weight is 287 g/mol. The van der Waals surface area contributed by atoms with Gasteiger partial charge < -0.3 is 14.7 Å². The van der Waals surface area contributed by atoms with Crippen LogP contribution in [0.25, 0.3) is 0 Å². The van der Waals surface area contributed by atoms with Gasteiger partial charge in [-0.2, -0.15) is 0 Å². The highest BCUT2D eigenvalue weighted by atomic mass is 16.5. The minimum absolute atomic E-state index is 0.0804. The Morgan fingerprint density at radius 3 is 2.62 bits per heavy atom. The van der Waals surface area contributed by atoms with Crippen LogP contribution in [0.15, 0.2) is 34.9 Å². The lowest BCUT2D eigenvalue weighted by Crippen LogP contribution is -2.35. The van der Waals surface area contributed by atoms with Crippen LogP contribution in [0.1, 0.15) is 37.8 Å². The molecule has 0 radical (unpaired) electrons. The summed E-state index contributed by atoms with van der Waals surface area (Å²) in [4.78, 5) is 2.18. The van der Waals surface area contributed by atoms with Gasteiger partial charge in [0.2, 0.25) is 0 Å². The molecule has 0 aliphatic heterocycles. The summed E-state index contributed by atoms with van der Waals surface area (Å²) >= 11 is 0. The summed E-state index contributed by atoms with van der Waals surface area (Å²) in [5.41, 5.74) is 3.49. The van der Waals surface area contributed by atoms with E-state index in [9.17, 15) is 0 Å². The number of nitrogens with zero attached hydrogens (tertiary/aromatic N) is 2. The largest absolute Gasteiger partial charge is 0.367 e. The summed E-state index contributed by atoms with van der Waals surface area (Å²) in [6.45, 7) is 9.97. The third kappa shape index (κ3) is 4.60. The fourth-order valence-corrected chi connectivity index (χ4v) is 2.18. The van der Waals surface area contributed by atoms with Crippen LogP contribution in [0.2, 0.25) is 0 Å². The molecule has 0 spiro atoms. The monoisotopic (exact) mass is 287 g/mol. The van der Waals surface area contributed by atoms with Crippen molar-refractivity contribution in [3.05, 3.63) is 47.3 Å². The summed E-state index contributed by atoms with van der Waals surface area (Å²) in [6, 6.07) is 10.4. The number of aryl methyl sites for hydroxylation is 1. The van der Waals surface area contributed by atoms with E-state index in [-0.39, 0.29) is 5.54 Å². The van der Waals surface area contributed by atoms with E-state index in [1.54, 1.807) is 0 Å². The number of para-hydroxylation sites is 1. The number of nitrogens with one attached hydrogen (secondary N) is 1. The molecule has 4 heteroatoms. The smallest absolute Gasteiger partial charge is 0.156 e. The SMILES string of the molecule is Cc1ccccc1N(C)Cc1cc(CNC(C)(C)C)no1. The predicted octanol–water partition coefficient (Wildman–Crippen LogP) is 3.51. The maximum absolute atomic E-state index is 5.43. The van der Waals surface area contributed by atoms with Gasteiger partial charge in [-0.15, -0.1) is 0 Å². The fourth-order valence-electron chi connectivity index (χ4n) is 2.18. The average Bonchev–Trinajstić information content (AvgIpc) is 2.83. The molecule has 0 bridgehead atoms. The molecular weight excluding hydrogens is 262 g/mol. The fraction of sp³-hybridized carbons (Fsp3) is 0.471. The molecule has 0 saturated carbocycles. The van der Waals surface area contributed by atoms with Crippen LogP contribution in [0.4, 0.5) is 5.69 Å². The molecule has 2 rings (SSSR count). The Balaban J connectivity index is 1.98. The predicted molar refractivity (Wildman–Crippen MR) is 86.4 cm³/mol. The Hall–Kier alpha value is -1.81. The molecular formula is C17H25N3O. The van der Waals surface area contributed by atoms with Gasteiger partial charge in [0.15, 0.2) is 5.76 Å². The Morgan fingerprint density at radius 1 is 1.24 bits per heavy atom. The second-order valence-electron chi connectivity index (χ2n) is 6.53. The Bertz CT molecular complexity index is 584. The van der Waals surface area contributed by atoms with E-state index < -0.39 is 0 Å². The zero-order valence-electron chi connectivity index (χ0n) is 13.6. The van der Waals surface area contributed by atoms with Gasteiger partial charge in [0, 0.05) is 30.9 Å². The molecule has 0 fully saturated rings. The highest BCUT2D eigenvalue weighted by molar-refractivity contribution is 5.52. The van der Waals surface area contributed by atoms with Crippen LogP contribution < -0.4 is 10.2 Å². The van der Waals surface area contributed by atoms with Crippen molar-refractivity contribution in [3.8, 4) is 0 Å². The summed E-state index contributed by atoms with van der Waals surface area (Å²) in [7, 11) is 2.07. The van der Waals surface area contributed by atoms with Crippen LogP contribution >= 0.6 is 0 Å². The molecule has 0 unspecified atom stereocenters. The van der Waals surface area contributed by atoms with E-state index >= 15 is 0 Å². The van der Waals surface area contributed by atoms with Crippen LogP contribution in [-0.2, 0) is 13.1 Å². The van der Waals surface area contributed by atoms with Crippen LogP contribution in [0, 0.1) is 6.92 Å². The molecule has 0 amide bonds. The van der Waals surface area contributed by atoms with E-state index in [2.05, 4.69) is 74.4 Å².